The summed E-state index contributed by atoms with van der Waals surface area (Å²) in [5, 5.41) is 7.39. The first kappa shape index (κ1) is 12.2. The van der Waals surface area contributed by atoms with E-state index >= 15 is 0 Å². The highest BCUT2D eigenvalue weighted by Crippen LogP contribution is 2.16. The van der Waals surface area contributed by atoms with Gasteiger partial charge in [-0.05, 0) is 5.41 Å². The van der Waals surface area contributed by atoms with Crippen molar-refractivity contribution < 1.29 is 9.53 Å². The summed E-state index contributed by atoms with van der Waals surface area (Å²) in [5.41, 5.74) is 5.73. The smallest absolute Gasteiger partial charge is 0.362 e. The third kappa shape index (κ3) is 2.82. The second kappa shape index (κ2) is 4.34. The Balaban J connectivity index is 2.97. The minimum absolute atomic E-state index is 0.00379. The summed E-state index contributed by atoms with van der Waals surface area (Å²) in [5.74, 6) is -0.416. The van der Waals surface area contributed by atoms with Crippen LogP contribution in [-0.2, 0) is 4.74 Å². The maximum atomic E-state index is 11.2. The van der Waals surface area contributed by atoms with E-state index in [4.69, 9.17) is 5.73 Å². The van der Waals surface area contributed by atoms with E-state index < -0.39 is 5.97 Å². The normalized spacial score (nSPS) is 12.0. The van der Waals surface area contributed by atoms with Gasteiger partial charge >= 0.3 is 5.97 Å². The molecule has 88 valence electrons. The molecule has 0 aromatic carbocycles. The number of rotatable bonds is 2. The maximum Gasteiger partial charge on any atom is 0.362 e. The largest absolute Gasteiger partial charge is 0.464 e. The van der Waals surface area contributed by atoms with Crippen molar-refractivity contribution in [3.63, 3.8) is 0 Å². The Kier molecular flexibility index (Phi) is 3.31. The molecule has 6 nitrogen and oxygen atoms in total. The van der Waals surface area contributed by atoms with Gasteiger partial charge in [0.05, 0.1) is 7.11 Å². The molecular weight excluding hydrogens is 208 g/mol. The number of hydrogen-bond donors (Lipinski definition) is 1. The fourth-order valence-corrected chi connectivity index (χ4v) is 0.947. The fourth-order valence-electron chi connectivity index (χ4n) is 0.947. The van der Waals surface area contributed by atoms with E-state index in [1.807, 2.05) is 26.8 Å². The van der Waals surface area contributed by atoms with Crippen LogP contribution in [0.15, 0.2) is 6.08 Å². The Bertz CT molecular complexity index is 415. The number of nitrogen functional groups attached to an aromatic ring is 1. The summed E-state index contributed by atoms with van der Waals surface area (Å²) < 4.78 is 5.86. The number of esters is 1. The van der Waals surface area contributed by atoms with Gasteiger partial charge in [-0.25, -0.2) is 9.48 Å². The van der Waals surface area contributed by atoms with Crippen molar-refractivity contribution in [2.45, 2.75) is 20.8 Å². The lowest BCUT2D eigenvalue weighted by molar-refractivity contribution is 0.0595. The molecule has 6 heteroatoms. The molecule has 0 bridgehead atoms. The Morgan fingerprint density at radius 1 is 1.50 bits per heavy atom. The molecule has 0 saturated heterocycles. The number of anilines is 1. The quantitative estimate of drug-likeness (QED) is 0.762. The second-order valence-electron chi connectivity index (χ2n) is 4.44. The van der Waals surface area contributed by atoms with E-state index in [0.717, 1.165) is 0 Å². The predicted molar refractivity (Wildman–Crippen MR) is 60.6 cm³/mol. The summed E-state index contributed by atoms with van der Waals surface area (Å²) in [6.45, 7) is 6.12. The summed E-state index contributed by atoms with van der Waals surface area (Å²) in [7, 11) is 1.27. The minimum Gasteiger partial charge on any atom is -0.464 e. The van der Waals surface area contributed by atoms with Crippen molar-refractivity contribution in [2.75, 3.05) is 12.8 Å². The number of allylic oxidation sites excluding steroid dienone is 1. The Morgan fingerprint density at radius 2 is 2.12 bits per heavy atom. The molecule has 0 fully saturated rings. The Labute approximate surface area is 94.1 Å². The van der Waals surface area contributed by atoms with Gasteiger partial charge in [0.15, 0.2) is 5.82 Å². The van der Waals surface area contributed by atoms with Crippen molar-refractivity contribution in [2.24, 2.45) is 5.41 Å². The predicted octanol–water partition coefficient (Wildman–Crippen LogP) is 1.16. The van der Waals surface area contributed by atoms with E-state index in [-0.39, 0.29) is 16.9 Å². The number of carbonyl (C=O) groups is 1. The molecule has 1 aromatic rings. The Morgan fingerprint density at radius 3 is 2.62 bits per heavy atom. The summed E-state index contributed by atoms with van der Waals surface area (Å²) in [6.07, 6.45) is 3.59. The van der Waals surface area contributed by atoms with Gasteiger partial charge in [-0.3, -0.25) is 0 Å². The molecule has 0 radical (unpaired) electrons. The van der Waals surface area contributed by atoms with Gasteiger partial charge in [-0.1, -0.05) is 32.1 Å². The molecule has 0 atom stereocenters. The maximum absolute atomic E-state index is 11.2. The van der Waals surface area contributed by atoms with Crippen molar-refractivity contribution in [3.05, 3.63) is 11.8 Å². The standard InChI is InChI=1S/C10H16N4O2/c1-10(2,3)5-6-14-8(11)7(12-13-14)9(15)16-4/h5-6H,11H2,1-4H3/b6-5+. The zero-order valence-corrected chi connectivity index (χ0v) is 9.89. The van der Waals surface area contributed by atoms with Crippen LogP contribution < -0.4 is 5.73 Å². The molecule has 0 aliphatic heterocycles. The molecule has 0 aliphatic carbocycles. The average molecular weight is 224 g/mol. The number of aromatic nitrogens is 3. The van der Waals surface area contributed by atoms with Crippen molar-refractivity contribution in [1.82, 2.24) is 15.0 Å². The molecule has 1 rings (SSSR count). The van der Waals surface area contributed by atoms with Crippen LogP contribution >= 0.6 is 0 Å². The number of methoxy groups -OCH3 is 1. The molecule has 1 heterocycles. The molecule has 16 heavy (non-hydrogen) atoms. The van der Waals surface area contributed by atoms with Crippen LogP contribution in [0, 0.1) is 5.41 Å². The minimum atomic E-state index is -0.590. The molecule has 0 amide bonds. The Hall–Kier alpha value is -1.85. The van der Waals surface area contributed by atoms with Gasteiger partial charge < -0.3 is 10.5 Å². The lowest BCUT2D eigenvalue weighted by atomic mass is 9.97. The molecule has 0 spiro atoms. The number of nitrogens with zero attached hydrogens (tertiary/aromatic N) is 3. The van der Waals surface area contributed by atoms with Gasteiger partial charge in [0.2, 0.25) is 5.69 Å². The molecule has 2 N–H and O–H groups in total. The SMILES string of the molecule is COC(=O)c1nnn(/C=C/C(C)(C)C)c1N. The van der Waals surface area contributed by atoms with Crippen LogP contribution in [0.2, 0.25) is 0 Å². The molecule has 0 saturated carbocycles. The van der Waals surface area contributed by atoms with Crippen molar-refractivity contribution in [3.8, 4) is 0 Å². The number of carbonyl (C=O) groups excluding carboxylic acids is 1. The van der Waals surface area contributed by atoms with Crippen LogP contribution in [0.1, 0.15) is 31.3 Å². The summed E-state index contributed by atoms with van der Waals surface area (Å²) in [4.78, 5) is 11.2. The van der Waals surface area contributed by atoms with Gasteiger partial charge in [-0.2, -0.15) is 0 Å². The monoisotopic (exact) mass is 224 g/mol. The van der Waals surface area contributed by atoms with E-state index in [0.29, 0.717) is 0 Å². The molecular formula is C10H16N4O2. The second-order valence-corrected chi connectivity index (χ2v) is 4.44. The van der Waals surface area contributed by atoms with Gasteiger partial charge in [-0.15, -0.1) is 5.10 Å². The van der Waals surface area contributed by atoms with Crippen molar-refractivity contribution in [1.29, 1.82) is 0 Å². The van der Waals surface area contributed by atoms with Crippen LogP contribution in [0.5, 0.6) is 0 Å². The van der Waals surface area contributed by atoms with E-state index in [2.05, 4.69) is 15.0 Å². The third-order valence-corrected chi connectivity index (χ3v) is 1.83. The van der Waals surface area contributed by atoms with Gasteiger partial charge in [0.25, 0.3) is 0 Å². The molecule has 0 aliphatic rings. The lowest BCUT2D eigenvalue weighted by Crippen LogP contribution is -2.07. The highest BCUT2D eigenvalue weighted by molar-refractivity contribution is 5.92. The lowest BCUT2D eigenvalue weighted by Gasteiger charge is -2.10. The van der Waals surface area contributed by atoms with Crippen molar-refractivity contribution >= 4 is 18.0 Å². The number of nitrogens with two attached hydrogens (primary N) is 1. The van der Waals surface area contributed by atoms with Gasteiger partial charge in [0.1, 0.15) is 0 Å². The van der Waals surface area contributed by atoms with Crippen LogP contribution in [0.4, 0.5) is 5.82 Å². The van der Waals surface area contributed by atoms with Crippen LogP contribution in [-0.4, -0.2) is 28.1 Å². The highest BCUT2D eigenvalue weighted by Gasteiger charge is 2.17. The van der Waals surface area contributed by atoms with E-state index in [1.54, 1.807) is 6.20 Å². The van der Waals surface area contributed by atoms with E-state index in [1.165, 1.54) is 11.8 Å². The third-order valence-electron chi connectivity index (χ3n) is 1.83. The first-order chi connectivity index (χ1) is 7.35. The van der Waals surface area contributed by atoms with Crippen LogP contribution in [0.3, 0.4) is 0 Å². The molecule has 1 aromatic heterocycles. The van der Waals surface area contributed by atoms with Gasteiger partial charge in [0, 0.05) is 6.20 Å². The highest BCUT2D eigenvalue weighted by atomic mass is 16.5. The topological polar surface area (TPSA) is 83.0 Å². The first-order valence-electron chi connectivity index (χ1n) is 4.83. The summed E-state index contributed by atoms with van der Waals surface area (Å²) >= 11 is 0. The number of hydrogen-bond acceptors (Lipinski definition) is 5. The zero-order valence-electron chi connectivity index (χ0n) is 9.89. The van der Waals surface area contributed by atoms with Crippen LogP contribution in [0.25, 0.3) is 6.20 Å². The summed E-state index contributed by atoms with van der Waals surface area (Å²) in [6, 6.07) is 0. The zero-order chi connectivity index (χ0) is 12.3. The number of ether oxygens (including phenoxy) is 1. The van der Waals surface area contributed by atoms with E-state index in [9.17, 15) is 4.79 Å². The molecule has 0 unspecified atom stereocenters. The first-order valence-corrected chi connectivity index (χ1v) is 4.83. The fraction of sp³-hybridized carbons (Fsp3) is 0.500. The average Bonchev–Trinajstić information content (AvgIpc) is 2.55.